The molecule has 0 fully saturated rings. The lowest BCUT2D eigenvalue weighted by molar-refractivity contribution is -0.0437. The van der Waals surface area contributed by atoms with Gasteiger partial charge in [0.15, 0.2) is 0 Å². The molecule has 0 amide bonds. The average Bonchev–Trinajstić information content (AvgIpc) is 2.94. The Labute approximate surface area is 167 Å². The van der Waals surface area contributed by atoms with Crippen LogP contribution < -0.4 is 4.74 Å². The SMILES string of the molecule is O=S(=O)(c1ccc([C@H]2CCOc3cc(F)cc(F)c32)c2c1[C@H](O)[C@H](F)C2)C(F)(F)F. The van der Waals surface area contributed by atoms with Gasteiger partial charge in [-0.3, -0.25) is 0 Å². The first kappa shape index (κ1) is 21.0. The standard InChI is InChI=1S/C19H14F6O4S/c20-8-5-12(21)16-10(3-4-29-14(16)6-8)9-1-2-15(30(27,28)19(23,24)25)17-11(9)7-13(22)18(17)26/h1-2,5-6,10,13,18,26H,3-4,7H2/t10-,13-,18-/m1/s1. The number of hydrogen-bond donors (Lipinski definition) is 1. The second-order valence-corrected chi connectivity index (χ2v) is 9.06. The molecule has 1 aliphatic carbocycles. The van der Waals surface area contributed by atoms with Crippen LogP contribution in [-0.2, 0) is 16.3 Å². The molecule has 2 aromatic rings. The van der Waals surface area contributed by atoms with Crippen LogP contribution in [0.15, 0.2) is 29.2 Å². The second kappa shape index (κ2) is 6.88. The van der Waals surface area contributed by atoms with Gasteiger partial charge in [-0.05, 0) is 23.6 Å². The Bertz CT molecular complexity index is 1130. The highest BCUT2D eigenvalue weighted by atomic mass is 32.2. The number of aliphatic hydroxyl groups is 1. The zero-order valence-corrected chi connectivity index (χ0v) is 15.8. The van der Waals surface area contributed by atoms with E-state index in [1.54, 1.807) is 0 Å². The van der Waals surface area contributed by atoms with Gasteiger partial charge in [-0.15, -0.1) is 0 Å². The summed E-state index contributed by atoms with van der Waals surface area (Å²) in [4.78, 5) is -1.23. The lowest BCUT2D eigenvalue weighted by Gasteiger charge is -2.29. The summed E-state index contributed by atoms with van der Waals surface area (Å²) in [5, 5.41) is 10.1. The van der Waals surface area contributed by atoms with Crippen molar-refractivity contribution < 1.29 is 44.6 Å². The molecule has 0 radical (unpaired) electrons. The molecule has 1 heterocycles. The number of sulfone groups is 1. The maximum absolute atomic E-state index is 14.5. The predicted octanol–water partition coefficient (Wildman–Crippen LogP) is 4.10. The number of aliphatic hydroxyl groups excluding tert-OH is 1. The number of halogens is 6. The van der Waals surface area contributed by atoms with Crippen LogP contribution in [0.2, 0.25) is 0 Å². The van der Waals surface area contributed by atoms with Gasteiger partial charge in [-0.2, -0.15) is 13.2 Å². The molecule has 11 heteroatoms. The van der Waals surface area contributed by atoms with Crippen molar-refractivity contribution in [3.8, 4) is 5.75 Å². The van der Waals surface area contributed by atoms with Crippen molar-refractivity contribution in [2.75, 3.05) is 6.61 Å². The molecule has 2 aromatic carbocycles. The van der Waals surface area contributed by atoms with Crippen molar-refractivity contribution in [3.05, 3.63) is 58.2 Å². The molecule has 30 heavy (non-hydrogen) atoms. The van der Waals surface area contributed by atoms with E-state index in [-0.39, 0.29) is 35.5 Å². The van der Waals surface area contributed by atoms with Crippen molar-refractivity contribution in [2.24, 2.45) is 0 Å². The Morgan fingerprint density at radius 2 is 1.80 bits per heavy atom. The highest BCUT2D eigenvalue weighted by molar-refractivity contribution is 7.92. The first-order chi connectivity index (χ1) is 13.9. The van der Waals surface area contributed by atoms with Crippen molar-refractivity contribution in [2.45, 2.75) is 41.4 Å². The van der Waals surface area contributed by atoms with Gasteiger partial charge in [0.2, 0.25) is 0 Å². The Balaban J connectivity index is 1.94. The molecule has 0 saturated heterocycles. The van der Waals surface area contributed by atoms with E-state index in [0.29, 0.717) is 12.1 Å². The molecule has 4 nitrogen and oxygen atoms in total. The Morgan fingerprint density at radius 3 is 2.47 bits per heavy atom. The maximum Gasteiger partial charge on any atom is 0.501 e. The Hall–Kier alpha value is -2.27. The van der Waals surface area contributed by atoms with Crippen molar-refractivity contribution in [1.29, 1.82) is 0 Å². The van der Waals surface area contributed by atoms with Crippen LogP contribution in [0.3, 0.4) is 0 Å². The van der Waals surface area contributed by atoms with Gasteiger partial charge in [0.25, 0.3) is 9.84 Å². The average molecular weight is 452 g/mol. The summed E-state index contributed by atoms with van der Waals surface area (Å²) in [5.41, 5.74) is -6.34. The molecule has 4 rings (SSSR count). The number of ether oxygens (including phenoxy) is 1. The highest BCUT2D eigenvalue weighted by Crippen LogP contribution is 2.48. The topological polar surface area (TPSA) is 63.6 Å². The van der Waals surface area contributed by atoms with E-state index in [1.807, 2.05) is 0 Å². The molecule has 3 atom stereocenters. The molecule has 0 saturated carbocycles. The van der Waals surface area contributed by atoms with Crippen LogP contribution in [0.1, 0.15) is 40.7 Å². The molecule has 2 aliphatic rings. The molecule has 162 valence electrons. The largest absolute Gasteiger partial charge is 0.501 e. The Kier molecular flexibility index (Phi) is 4.81. The molecular weight excluding hydrogens is 438 g/mol. The predicted molar refractivity (Wildman–Crippen MR) is 91.6 cm³/mol. The molecule has 1 aliphatic heterocycles. The third-order valence-corrected chi connectivity index (χ3v) is 6.97. The summed E-state index contributed by atoms with van der Waals surface area (Å²) in [5.74, 6) is -2.78. The van der Waals surface area contributed by atoms with Crippen LogP contribution in [-0.4, -0.2) is 31.8 Å². The fourth-order valence-electron chi connectivity index (χ4n) is 4.15. The lowest BCUT2D eigenvalue weighted by atomic mass is 9.83. The summed E-state index contributed by atoms with van der Waals surface area (Å²) in [6, 6.07) is 3.29. The van der Waals surface area contributed by atoms with E-state index in [2.05, 4.69) is 0 Å². The van der Waals surface area contributed by atoms with E-state index in [4.69, 9.17) is 4.74 Å². The van der Waals surface area contributed by atoms with Gasteiger partial charge < -0.3 is 9.84 Å². The lowest BCUT2D eigenvalue weighted by Crippen LogP contribution is -2.25. The quantitative estimate of drug-likeness (QED) is 0.697. The van der Waals surface area contributed by atoms with Crippen molar-refractivity contribution in [3.63, 3.8) is 0 Å². The van der Waals surface area contributed by atoms with Gasteiger partial charge in [0, 0.05) is 35.6 Å². The van der Waals surface area contributed by atoms with Crippen LogP contribution in [0.25, 0.3) is 0 Å². The number of alkyl halides is 4. The van der Waals surface area contributed by atoms with Crippen LogP contribution in [0, 0.1) is 11.6 Å². The molecule has 0 bridgehead atoms. The summed E-state index contributed by atoms with van der Waals surface area (Å²) < 4.78 is 111. The van der Waals surface area contributed by atoms with Crippen LogP contribution in [0.5, 0.6) is 5.75 Å². The molecular formula is C19H14F6O4S. The zero-order valence-electron chi connectivity index (χ0n) is 15.0. The zero-order chi connectivity index (χ0) is 22.0. The van der Waals surface area contributed by atoms with E-state index in [0.717, 1.165) is 12.1 Å². The monoisotopic (exact) mass is 452 g/mol. The number of benzene rings is 2. The van der Waals surface area contributed by atoms with E-state index >= 15 is 0 Å². The maximum atomic E-state index is 14.5. The fraction of sp³-hybridized carbons (Fsp3) is 0.368. The Morgan fingerprint density at radius 1 is 1.10 bits per heavy atom. The molecule has 1 N–H and O–H groups in total. The van der Waals surface area contributed by atoms with Crippen molar-refractivity contribution >= 4 is 9.84 Å². The van der Waals surface area contributed by atoms with E-state index < -0.39 is 62.1 Å². The molecule has 0 spiro atoms. The van der Waals surface area contributed by atoms with Gasteiger partial charge in [0.1, 0.15) is 29.7 Å². The highest BCUT2D eigenvalue weighted by Gasteiger charge is 2.51. The third kappa shape index (κ3) is 3.06. The van der Waals surface area contributed by atoms with Gasteiger partial charge in [0.05, 0.1) is 11.5 Å². The summed E-state index contributed by atoms with van der Waals surface area (Å²) in [6.07, 6.45) is -4.51. The fourth-order valence-corrected chi connectivity index (χ4v) is 5.18. The third-order valence-electron chi connectivity index (χ3n) is 5.43. The van der Waals surface area contributed by atoms with Crippen LogP contribution in [0.4, 0.5) is 26.3 Å². The summed E-state index contributed by atoms with van der Waals surface area (Å²) in [6.45, 7) is 0.0273. The second-order valence-electron chi connectivity index (χ2n) is 7.15. The molecule has 0 aromatic heterocycles. The minimum absolute atomic E-state index is 0.0273. The minimum Gasteiger partial charge on any atom is -0.493 e. The minimum atomic E-state index is -5.85. The first-order valence-corrected chi connectivity index (χ1v) is 10.3. The van der Waals surface area contributed by atoms with E-state index in [1.165, 1.54) is 0 Å². The normalized spacial score (nSPS) is 23.6. The smallest absolute Gasteiger partial charge is 0.493 e. The van der Waals surface area contributed by atoms with E-state index in [9.17, 15) is 39.9 Å². The molecule has 0 unspecified atom stereocenters. The van der Waals surface area contributed by atoms with Crippen molar-refractivity contribution in [1.82, 2.24) is 0 Å². The summed E-state index contributed by atoms with van der Waals surface area (Å²) >= 11 is 0. The van der Waals surface area contributed by atoms with Gasteiger partial charge >= 0.3 is 5.51 Å². The van der Waals surface area contributed by atoms with Gasteiger partial charge in [-0.25, -0.2) is 21.6 Å². The van der Waals surface area contributed by atoms with Gasteiger partial charge in [-0.1, -0.05) is 6.07 Å². The van der Waals surface area contributed by atoms with Crippen LogP contribution >= 0.6 is 0 Å². The number of fused-ring (bicyclic) bond motifs is 2. The summed E-state index contributed by atoms with van der Waals surface area (Å²) in [7, 11) is -5.85. The number of hydrogen-bond acceptors (Lipinski definition) is 4. The first-order valence-electron chi connectivity index (χ1n) is 8.84. The number of rotatable bonds is 2.